The van der Waals surface area contributed by atoms with Gasteiger partial charge in [0, 0.05) is 17.4 Å². The number of likely N-dealkylation sites (tertiary alicyclic amines) is 1. The smallest absolute Gasteiger partial charge is 0.255 e. The third kappa shape index (κ3) is 2.88. The molecule has 2 aromatic carbocycles. The maximum Gasteiger partial charge on any atom is 0.255 e. The number of Topliss-reactive ketones (excluding diaryl/α,β-unsaturated/α-hetero) is 1. The Morgan fingerprint density at radius 1 is 1.27 bits per heavy atom. The average molecular weight is 416 g/mol. The lowest BCUT2D eigenvalue weighted by Crippen LogP contribution is -2.45. The van der Waals surface area contributed by atoms with E-state index in [1.54, 1.807) is 36.3 Å². The molecule has 2 aliphatic heterocycles. The Morgan fingerprint density at radius 3 is 2.88 bits per heavy atom. The Labute approximate surface area is 160 Å². The summed E-state index contributed by atoms with van der Waals surface area (Å²) in [6, 6.07) is 12.6. The second kappa shape index (κ2) is 6.43. The van der Waals surface area contributed by atoms with Gasteiger partial charge in [-0.1, -0.05) is 12.1 Å². The van der Waals surface area contributed by atoms with E-state index in [-0.39, 0.29) is 11.7 Å². The highest BCUT2D eigenvalue weighted by Gasteiger charge is 2.47. The summed E-state index contributed by atoms with van der Waals surface area (Å²) in [7, 11) is 1.57. The topological polar surface area (TPSA) is 55.8 Å². The summed E-state index contributed by atoms with van der Waals surface area (Å²) in [5.74, 6) is 1.22. The van der Waals surface area contributed by atoms with Gasteiger partial charge in [-0.05, 0) is 46.3 Å². The van der Waals surface area contributed by atoms with E-state index in [1.165, 1.54) is 0 Å². The third-order valence-corrected chi connectivity index (χ3v) is 5.70. The quantitative estimate of drug-likeness (QED) is 0.749. The van der Waals surface area contributed by atoms with Crippen molar-refractivity contribution in [2.24, 2.45) is 0 Å². The molecule has 0 saturated carbocycles. The van der Waals surface area contributed by atoms with Crippen LogP contribution in [0, 0.1) is 0 Å². The van der Waals surface area contributed by atoms with E-state index in [0.29, 0.717) is 48.6 Å². The minimum absolute atomic E-state index is 0.0729. The molecular weight excluding hydrogens is 398 g/mol. The molecule has 0 bridgehead atoms. The molecule has 134 valence electrons. The zero-order valence-corrected chi connectivity index (χ0v) is 15.9. The molecule has 5 nitrogen and oxygen atoms in total. The minimum atomic E-state index is -0.633. The molecule has 2 heterocycles. The first kappa shape index (κ1) is 17.1. The fraction of sp³-hybridized carbons (Fsp3) is 0.300. The predicted octanol–water partition coefficient (Wildman–Crippen LogP) is 3.71. The number of hydrogen-bond donors (Lipinski definition) is 0. The Kier molecular flexibility index (Phi) is 4.23. The molecule has 1 atom stereocenters. The summed E-state index contributed by atoms with van der Waals surface area (Å²) >= 11 is 3.44. The molecule has 1 spiro atoms. The number of halogens is 1. The summed E-state index contributed by atoms with van der Waals surface area (Å²) in [6.45, 7) is 0.952. The van der Waals surface area contributed by atoms with Gasteiger partial charge >= 0.3 is 0 Å². The van der Waals surface area contributed by atoms with Gasteiger partial charge in [0.05, 0.1) is 31.2 Å². The second-order valence-corrected chi connectivity index (χ2v) is 7.56. The summed E-state index contributed by atoms with van der Waals surface area (Å²) in [4.78, 5) is 27.3. The maximum atomic E-state index is 13.0. The summed E-state index contributed by atoms with van der Waals surface area (Å²) in [5.41, 5.74) is 0.536. The third-order valence-electron chi connectivity index (χ3n) is 5.00. The van der Waals surface area contributed by atoms with Crippen molar-refractivity contribution in [3.63, 3.8) is 0 Å². The van der Waals surface area contributed by atoms with Crippen LogP contribution in [0.1, 0.15) is 33.6 Å². The lowest BCUT2D eigenvalue weighted by Gasteiger charge is -2.34. The number of fused-ring (bicyclic) bond motifs is 1. The van der Waals surface area contributed by atoms with Crippen LogP contribution in [-0.4, -0.2) is 42.4 Å². The van der Waals surface area contributed by atoms with Gasteiger partial charge in [-0.2, -0.15) is 0 Å². The average Bonchev–Trinajstić information content (AvgIpc) is 3.04. The van der Waals surface area contributed by atoms with Crippen molar-refractivity contribution in [1.82, 2.24) is 4.90 Å². The molecule has 2 aliphatic rings. The monoisotopic (exact) mass is 415 g/mol. The Balaban J connectivity index is 1.58. The van der Waals surface area contributed by atoms with Gasteiger partial charge in [0.25, 0.3) is 5.91 Å². The number of carbonyl (C=O) groups excluding carboxylic acids is 2. The number of nitrogens with zero attached hydrogens (tertiary/aromatic N) is 1. The van der Waals surface area contributed by atoms with Gasteiger partial charge in [-0.3, -0.25) is 9.59 Å². The van der Waals surface area contributed by atoms with E-state index in [4.69, 9.17) is 9.47 Å². The van der Waals surface area contributed by atoms with Crippen molar-refractivity contribution in [3.8, 4) is 11.5 Å². The van der Waals surface area contributed by atoms with Crippen molar-refractivity contribution in [2.75, 3.05) is 20.2 Å². The lowest BCUT2D eigenvalue weighted by atomic mass is 9.89. The molecular formula is C20H18BrNO4. The van der Waals surface area contributed by atoms with Gasteiger partial charge in [0.1, 0.15) is 17.1 Å². The molecule has 0 unspecified atom stereocenters. The number of ketones is 1. The molecule has 0 N–H and O–H groups in total. The zero-order chi connectivity index (χ0) is 18.3. The van der Waals surface area contributed by atoms with E-state index in [0.717, 1.165) is 4.47 Å². The van der Waals surface area contributed by atoms with E-state index >= 15 is 0 Å². The molecule has 2 aromatic rings. The largest absolute Gasteiger partial charge is 0.497 e. The van der Waals surface area contributed by atoms with Gasteiger partial charge in [-0.25, -0.2) is 0 Å². The Bertz CT molecular complexity index is 897. The predicted molar refractivity (Wildman–Crippen MR) is 100.0 cm³/mol. The van der Waals surface area contributed by atoms with Crippen molar-refractivity contribution < 1.29 is 19.1 Å². The van der Waals surface area contributed by atoms with Gasteiger partial charge in [-0.15, -0.1) is 0 Å². The molecule has 1 fully saturated rings. The van der Waals surface area contributed by atoms with Crippen molar-refractivity contribution >= 4 is 27.6 Å². The lowest BCUT2D eigenvalue weighted by molar-refractivity contribution is 0.0428. The number of rotatable bonds is 2. The fourth-order valence-corrected chi connectivity index (χ4v) is 4.07. The van der Waals surface area contributed by atoms with Gasteiger partial charge in [0.2, 0.25) is 0 Å². The van der Waals surface area contributed by atoms with Crippen LogP contribution in [0.3, 0.4) is 0 Å². The van der Waals surface area contributed by atoms with Crippen LogP contribution < -0.4 is 9.47 Å². The minimum Gasteiger partial charge on any atom is -0.497 e. The number of benzene rings is 2. The maximum absolute atomic E-state index is 13.0. The first-order chi connectivity index (χ1) is 12.5. The van der Waals surface area contributed by atoms with Crippen LogP contribution >= 0.6 is 15.9 Å². The number of ether oxygens (including phenoxy) is 2. The van der Waals surface area contributed by atoms with Crippen LogP contribution in [0.4, 0.5) is 0 Å². The summed E-state index contributed by atoms with van der Waals surface area (Å²) in [6.07, 6.45) is 0.938. The first-order valence-electron chi connectivity index (χ1n) is 8.45. The SMILES string of the molecule is COc1ccc(Br)c(C(=O)N2CC[C@@]3(CC(=O)c4ccccc4O3)C2)c1. The molecule has 0 aliphatic carbocycles. The van der Waals surface area contributed by atoms with Crippen molar-refractivity contribution in [3.05, 3.63) is 58.1 Å². The molecule has 1 saturated heterocycles. The van der Waals surface area contributed by atoms with E-state index in [1.807, 2.05) is 18.2 Å². The number of para-hydroxylation sites is 1. The molecule has 0 aromatic heterocycles. The van der Waals surface area contributed by atoms with Gasteiger partial charge in [0.15, 0.2) is 5.78 Å². The molecule has 4 rings (SSSR count). The van der Waals surface area contributed by atoms with E-state index < -0.39 is 5.60 Å². The first-order valence-corrected chi connectivity index (χ1v) is 9.25. The van der Waals surface area contributed by atoms with Crippen LogP contribution in [0.2, 0.25) is 0 Å². The highest BCUT2D eigenvalue weighted by molar-refractivity contribution is 9.10. The van der Waals surface area contributed by atoms with E-state index in [2.05, 4.69) is 15.9 Å². The molecule has 6 heteroatoms. The molecule has 26 heavy (non-hydrogen) atoms. The highest BCUT2D eigenvalue weighted by atomic mass is 79.9. The van der Waals surface area contributed by atoms with E-state index in [9.17, 15) is 9.59 Å². The molecule has 1 amide bonds. The standard InChI is InChI=1S/C20H18BrNO4/c1-25-13-6-7-16(21)15(10-13)19(24)22-9-8-20(12-22)11-17(23)14-4-2-3-5-18(14)26-20/h2-7,10H,8-9,11-12H2,1H3/t20-/m1/s1. The van der Waals surface area contributed by atoms with Crippen LogP contribution in [0.15, 0.2) is 46.9 Å². The van der Waals surface area contributed by atoms with Crippen LogP contribution in [0.5, 0.6) is 11.5 Å². The van der Waals surface area contributed by atoms with Crippen LogP contribution in [0.25, 0.3) is 0 Å². The number of methoxy groups -OCH3 is 1. The Hall–Kier alpha value is -2.34. The number of hydrogen-bond acceptors (Lipinski definition) is 4. The summed E-state index contributed by atoms with van der Waals surface area (Å²) < 4.78 is 12.1. The fourth-order valence-electron chi connectivity index (χ4n) is 3.65. The van der Waals surface area contributed by atoms with Crippen LogP contribution in [-0.2, 0) is 0 Å². The highest BCUT2D eigenvalue weighted by Crippen LogP contribution is 2.39. The van der Waals surface area contributed by atoms with Crippen molar-refractivity contribution in [2.45, 2.75) is 18.4 Å². The number of carbonyl (C=O) groups is 2. The second-order valence-electron chi connectivity index (χ2n) is 6.70. The molecule has 0 radical (unpaired) electrons. The summed E-state index contributed by atoms with van der Waals surface area (Å²) in [5, 5.41) is 0. The number of amides is 1. The van der Waals surface area contributed by atoms with Gasteiger partial charge < -0.3 is 14.4 Å². The normalized spacial score (nSPS) is 21.5. The Morgan fingerprint density at radius 2 is 2.08 bits per heavy atom. The van der Waals surface area contributed by atoms with Crippen molar-refractivity contribution in [1.29, 1.82) is 0 Å². The zero-order valence-electron chi connectivity index (χ0n) is 14.3.